The van der Waals surface area contributed by atoms with Gasteiger partial charge in [0.1, 0.15) is 35.5 Å². The molecule has 12 aromatic rings. The molecule has 4 fully saturated rings. The summed E-state index contributed by atoms with van der Waals surface area (Å²) in [6.45, 7) is 20.5. The molecule has 7 aromatic heterocycles. The molecule has 14 amide bonds. The van der Waals surface area contributed by atoms with Crippen LogP contribution in [0, 0.1) is 6.92 Å². The molecule has 5 aromatic carbocycles. The molecule has 4 aliphatic heterocycles. The van der Waals surface area contributed by atoms with Gasteiger partial charge in [0, 0.05) is 194 Å². The molecule has 54 heteroatoms. The number of sulfonamides is 4. The molecule has 794 valence electrons. The van der Waals surface area contributed by atoms with Gasteiger partial charge in [0.25, 0.3) is 49.6 Å². The molecule has 0 bridgehead atoms. The van der Waals surface area contributed by atoms with Crippen LogP contribution in [-0.4, -0.2) is 327 Å². The van der Waals surface area contributed by atoms with Crippen molar-refractivity contribution in [2.75, 3.05) is 191 Å². The number of carbonyl (C=O) groups is 12. The van der Waals surface area contributed by atoms with Gasteiger partial charge in [-0.25, -0.2) is 77.4 Å². The largest absolute Gasteiger partial charge is 0.495 e. The predicted molar refractivity (Wildman–Crippen MR) is 572 cm³/mol. The minimum absolute atomic E-state index is 0.0116. The van der Waals surface area contributed by atoms with Gasteiger partial charge in [0.15, 0.2) is 9.34 Å². The zero-order valence-corrected chi connectivity index (χ0v) is 91.0. The van der Waals surface area contributed by atoms with E-state index in [-0.39, 0.29) is 181 Å². The molecular weight excluding hydrogens is 2120 g/mol. The molecule has 0 atom stereocenters. The highest BCUT2D eigenvalue weighted by Gasteiger charge is 2.41. The molecule has 0 radical (unpaired) electrons. The third-order valence-corrected chi connectivity index (χ3v) is 38.4. The second-order valence-electron chi connectivity index (χ2n) is 32.9. The van der Waals surface area contributed by atoms with E-state index in [0.29, 0.717) is 114 Å². The Bertz CT molecular complexity index is 7520. The average molecular weight is 2240 g/mol. The van der Waals surface area contributed by atoms with Crippen molar-refractivity contribution in [1.29, 1.82) is 0 Å². The Morgan fingerprint density at radius 1 is 0.403 bits per heavy atom. The first-order valence-corrected chi connectivity index (χ1v) is 57.8. The lowest BCUT2D eigenvalue weighted by atomic mass is 10.1. The summed E-state index contributed by atoms with van der Waals surface area (Å²) in [7, 11) is -12.8. The number of thiazole rings is 2. The average Bonchev–Trinajstić information content (AvgIpc) is 1.64. The summed E-state index contributed by atoms with van der Waals surface area (Å²) in [4.78, 5) is 172. The number of esters is 2. The number of fused-ring (bicyclic) bond motifs is 4. The normalized spacial score (nSPS) is 14.4. The van der Waals surface area contributed by atoms with E-state index in [1.165, 1.54) is 119 Å². The van der Waals surface area contributed by atoms with Gasteiger partial charge in [-0.15, -0.1) is 34.0 Å². The van der Waals surface area contributed by atoms with Gasteiger partial charge in [0.2, 0.25) is 30.3 Å². The number of rotatable bonds is 28. The summed E-state index contributed by atoms with van der Waals surface area (Å²) < 4.78 is 128. The van der Waals surface area contributed by atoms with Crippen LogP contribution in [0.5, 0.6) is 5.75 Å². The van der Waals surface area contributed by atoms with Crippen LogP contribution in [0.2, 0.25) is 0 Å². The minimum Gasteiger partial charge on any atom is -0.495 e. The molecule has 149 heavy (non-hydrogen) atoms. The zero-order valence-electron chi connectivity index (χ0n) is 82.9. The van der Waals surface area contributed by atoms with Gasteiger partial charge in [-0.3, -0.25) is 50.0 Å². The van der Waals surface area contributed by atoms with Crippen LogP contribution in [0.25, 0.3) is 40.5 Å². The summed E-state index contributed by atoms with van der Waals surface area (Å²) in [5.41, 5.74) is 2.21. The molecule has 9 N–H and O–H groups in total. The van der Waals surface area contributed by atoms with Gasteiger partial charge in [0.05, 0.1) is 75.0 Å². The van der Waals surface area contributed by atoms with Crippen LogP contribution in [0.1, 0.15) is 133 Å². The van der Waals surface area contributed by atoms with Crippen molar-refractivity contribution in [3.05, 3.63) is 184 Å². The number of methoxy groups -OCH3 is 2. The van der Waals surface area contributed by atoms with Gasteiger partial charge >= 0.3 is 36.1 Å². The number of aromatic nitrogens is 3. The second kappa shape index (κ2) is 50.3. The van der Waals surface area contributed by atoms with E-state index < -0.39 is 76.2 Å². The highest BCUT2D eigenvalue weighted by molar-refractivity contribution is 7.91. The van der Waals surface area contributed by atoms with Crippen molar-refractivity contribution in [3.8, 4) is 5.75 Å². The summed E-state index contributed by atoms with van der Waals surface area (Å²) in [6, 6.07) is 33.8. The Labute approximate surface area is 883 Å². The van der Waals surface area contributed by atoms with Crippen molar-refractivity contribution in [2.24, 2.45) is 0 Å². The summed E-state index contributed by atoms with van der Waals surface area (Å²) in [6.07, 6.45) is 2.83. The van der Waals surface area contributed by atoms with Crippen LogP contribution in [0.3, 0.4) is 0 Å². The highest BCUT2D eigenvalue weighted by atomic mass is 32.3. The number of ether oxygens (including phenoxy) is 3. The number of hydrogen-bond acceptors (Lipinski definition) is 32. The number of anilines is 5. The number of nitrogens with one attached hydrogen (secondary N) is 9. The first-order valence-electron chi connectivity index (χ1n) is 47.1. The Kier molecular flexibility index (Phi) is 38.1. The maximum Gasteiger partial charge on any atom is 0.350 e. The second-order valence-corrected chi connectivity index (χ2v) is 47.2. The van der Waals surface area contributed by atoms with E-state index >= 15 is 0 Å². The molecule has 0 unspecified atom stereocenters. The molecule has 0 aliphatic carbocycles. The lowest BCUT2D eigenvalue weighted by Crippen LogP contribution is -2.50. The number of benzene rings is 5. The van der Waals surface area contributed by atoms with E-state index in [1.54, 1.807) is 122 Å². The molecule has 0 saturated carbocycles. The van der Waals surface area contributed by atoms with Crippen LogP contribution < -0.4 is 52.6 Å². The standard InChI is InChI=1S/C28H35N5O6S2.C24H26N4O6S2.C22H26N6O6S3.C21H24N6O5S3/c1-5-29-28(36)30-25-23(21-12-9-13-22(39-4)24(21)40-25)27(35)32-14-16-33(17-15-32)41(37,38)20-11-8-10-19(18-20)26(34)31(6-2)7-3;1-3-25-24(31)26-21-20(18-9-4-5-10-19(18)35-21)22(29)27-11-13-28(14-12-27)36(32,33)17-8-6-7-16(15-17)23(30)34-2;1-4-23-21(31)26-18-15(14-7-6-8-24-17(14)36-18)19(29)27-9-11-28(12-10-27)37(32,33)22-25-13(3)16(35-22)20(30)34-5-2;1-3-22-20(30)25-18-17(14-6-4-5-7-15(14)33-18)19(29)26-8-10-27(11-9-26)35(31,32)16-12-23-21(34-16)24-13(2)28/h8-13,18H,5-7,14-17H2,1-4H3,(H2,29,30,36);4-10,15H,3,11-14H2,1-2H3,(H2,25,26,31);6-8H,4-5,9-12H2,1-3H3,(H2,23,26,31);4-7,12H,3,8-11H2,1-2H3,(H2,22,25,30)(H,23,24,28). The molecule has 11 heterocycles. The lowest BCUT2D eigenvalue weighted by Gasteiger charge is -2.34. The monoisotopic (exact) mass is 2230 g/mol. The maximum absolute atomic E-state index is 13.8. The number of piperazine rings is 4. The molecule has 16 rings (SSSR count). The van der Waals surface area contributed by atoms with Crippen LogP contribution >= 0.6 is 68.0 Å². The van der Waals surface area contributed by atoms with Gasteiger partial charge in [-0.05, 0) is 122 Å². The van der Waals surface area contributed by atoms with Crippen molar-refractivity contribution in [3.63, 3.8) is 0 Å². The molecule has 0 spiro atoms. The molecule has 44 nitrogen and oxygen atoms in total. The van der Waals surface area contributed by atoms with Crippen molar-refractivity contribution in [1.82, 2.24) is 77.9 Å². The molecule has 4 aliphatic rings. The number of hydrogen-bond donors (Lipinski definition) is 9. The Morgan fingerprint density at radius 3 is 1.23 bits per heavy atom. The van der Waals surface area contributed by atoms with Gasteiger partial charge < -0.3 is 65.3 Å². The lowest BCUT2D eigenvalue weighted by molar-refractivity contribution is -0.114. The van der Waals surface area contributed by atoms with E-state index in [4.69, 9.17) is 9.47 Å². The van der Waals surface area contributed by atoms with Crippen LogP contribution in [0.4, 0.5) is 44.3 Å². The number of aryl methyl sites for hydroxylation is 1. The SMILES string of the molecule is CCNC(=O)Nc1sc2c(OC)cccc2c1C(=O)N1CCN(S(=O)(=O)c2cccc(C(=O)N(CC)CC)c2)CC1.CCNC(=O)Nc1sc2ccccc2c1C(=O)N1CCN(S(=O)(=O)c2cccc(C(=O)OC)c2)CC1.CCNC(=O)Nc1sc2ccccc2c1C(=O)N1CCN(S(=O)(=O)c2cnc(NC(C)=O)s2)CC1.CCNC(=O)Nc1sc2ncccc2c1C(=O)N1CCN(S(=O)(=O)c2nc(C)c(C(=O)OCC)s2)CC1. The van der Waals surface area contributed by atoms with Gasteiger partial charge in [-0.1, -0.05) is 94.7 Å². The first kappa shape index (κ1) is 113. The van der Waals surface area contributed by atoms with Crippen molar-refractivity contribution >= 4 is 245 Å². The number of thiophene rings is 4. The van der Waals surface area contributed by atoms with E-state index in [2.05, 4.69) is 67.5 Å². The number of pyridine rings is 1. The number of urea groups is 4. The van der Waals surface area contributed by atoms with Crippen LogP contribution in [0.15, 0.2) is 158 Å². The van der Waals surface area contributed by atoms with E-state index in [9.17, 15) is 91.2 Å². The summed E-state index contributed by atoms with van der Waals surface area (Å²) in [5.74, 6) is -2.37. The number of carbonyl (C=O) groups excluding carboxylic acids is 12. The summed E-state index contributed by atoms with van der Waals surface area (Å²) in [5, 5.41) is 28.8. The van der Waals surface area contributed by atoms with E-state index in [1.807, 2.05) is 62.4 Å². The van der Waals surface area contributed by atoms with Crippen LogP contribution in [-0.2, 0) is 54.4 Å². The minimum atomic E-state index is -3.96. The number of nitrogens with zero attached hydrogens (tertiary/aromatic N) is 12. The fourth-order valence-corrected chi connectivity index (χ4v) is 29.0. The first-order chi connectivity index (χ1) is 71.3. The maximum atomic E-state index is 13.8. The topological polar surface area (TPSA) is 545 Å². The Morgan fingerprint density at radius 2 is 0.799 bits per heavy atom. The predicted octanol–water partition coefficient (Wildman–Crippen LogP) is 11.8. The Hall–Kier alpha value is -13.4. The van der Waals surface area contributed by atoms with Gasteiger partial charge in [-0.2, -0.15) is 17.2 Å². The van der Waals surface area contributed by atoms with E-state index in [0.717, 1.165) is 47.5 Å². The highest BCUT2D eigenvalue weighted by Crippen LogP contribution is 2.44. The smallest absolute Gasteiger partial charge is 0.350 e. The summed E-state index contributed by atoms with van der Waals surface area (Å²) >= 11 is 6.74. The zero-order chi connectivity index (χ0) is 108. The third-order valence-electron chi connectivity index (χ3n) is 23.6. The quantitative estimate of drug-likeness (QED) is 0.0206. The Balaban J connectivity index is 0.000000166. The fraction of sp³-hybridized carbons (Fsp3) is 0.358. The third kappa shape index (κ3) is 26.0. The fourth-order valence-electron chi connectivity index (χ4n) is 16.2. The number of amides is 14. The van der Waals surface area contributed by atoms with Crippen molar-refractivity contribution < 1.29 is 105 Å². The molecule has 4 saturated heterocycles. The van der Waals surface area contributed by atoms with Crippen molar-refractivity contribution in [2.45, 2.75) is 80.7 Å². The molecular formula is C95H111N21O23S10.